The number of carbonyl (C=O) groups is 2. The van der Waals surface area contributed by atoms with Gasteiger partial charge in [0.25, 0.3) is 5.91 Å². The van der Waals surface area contributed by atoms with Gasteiger partial charge in [-0.1, -0.05) is 13.8 Å². The van der Waals surface area contributed by atoms with Gasteiger partial charge in [0.1, 0.15) is 25.1 Å². The maximum absolute atomic E-state index is 13.0. The van der Waals surface area contributed by atoms with E-state index in [1.54, 1.807) is 18.2 Å². The molecule has 1 aliphatic rings. The third-order valence-electron chi connectivity index (χ3n) is 4.15. The Kier molecular flexibility index (Phi) is 5.59. The standard InChI is InChI=1S/C20H21FN2O4/c1-12(2)18(23-19(24)13-3-5-14(21)6-4-13)20(25)22-15-7-8-16-17(11-15)27-10-9-26-16/h3-8,11-12,18H,9-10H2,1-2H3,(H,22,25)(H,23,24). The molecule has 1 atom stereocenters. The summed E-state index contributed by atoms with van der Waals surface area (Å²) in [6.07, 6.45) is 0. The SMILES string of the molecule is CC(C)C(NC(=O)c1ccc(F)cc1)C(=O)Nc1ccc2c(c1)OCCO2. The molecule has 0 bridgehead atoms. The van der Waals surface area contributed by atoms with Gasteiger partial charge in [-0.2, -0.15) is 0 Å². The highest BCUT2D eigenvalue weighted by Crippen LogP contribution is 2.32. The van der Waals surface area contributed by atoms with E-state index >= 15 is 0 Å². The molecule has 2 amide bonds. The van der Waals surface area contributed by atoms with Crippen LogP contribution in [0, 0.1) is 11.7 Å². The molecule has 0 aromatic heterocycles. The van der Waals surface area contributed by atoms with Crippen LogP contribution in [0.5, 0.6) is 11.5 Å². The minimum absolute atomic E-state index is 0.147. The number of fused-ring (bicyclic) bond motifs is 1. The molecule has 0 fully saturated rings. The Morgan fingerprint density at radius 3 is 2.33 bits per heavy atom. The Balaban J connectivity index is 1.70. The molecule has 1 heterocycles. The van der Waals surface area contributed by atoms with Crippen LogP contribution in [-0.4, -0.2) is 31.1 Å². The quantitative estimate of drug-likeness (QED) is 0.846. The van der Waals surface area contributed by atoms with Crippen LogP contribution < -0.4 is 20.1 Å². The van der Waals surface area contributed by atoms with Crippen molar-refractivity contribution in [2.75, 3.05) is 18.5 Å². The van der Waals surface area contributed by atoms with Crippen molar-refractivity contribution in [3.05, 3.63) is 53.8 Å². The number of hydrogen-bond donors (Lipinski definition) is 2. The molecule has 2 N–H and O–H groups in total. The van der Waals surface area contributed by atoms with Crippen molar-refractivity contribution in [3.63, 3.8) is 0 Å². The molecule has 6 nitrogen and oxygen atoms in total. The number of nitrogens with one attached hydrogen (secondary N) is 2. The number of amides is 2. The van der Waals surface area contributed by atoms with E-state index in [1.807, 2.05) is 13.8 Å². The van der Waals surface area contributed by atoms with Crippen LogP contribution in [0.1, 0.15) is 24.2 Å². The van der Waals surface area contributed by atoms with Crippen molar-refractivity contribution in [3.8, 4) is 11.5 Å². The lowest BCUT2D eigenvalue weighted by molar-refractivity contribution is -0.118. The Hall–Kier alpha value is -3.09. The van der Waals surface area contributed by atoms with Gasteiger partial charge in [-0.25, -0.2) is 4.39 Å². The first kappa shape index (κ1) is 18.7. The van der Waals surface area contributed by atoms with E-state index in [-0.39, 0.29) is 17.4 Å². The minimum Gasteiger partial charge on any atom is -0.486 e. The second kappa shape index (κ2) is 8.07. The van der Waals surface area contributed by atoms with Crippen molar-refractivity contribution in [1.82, 2.24) is 5.32 Å². The number of carbonyl (C=O) groups excluding carboxylic acids is 2. The number of ether oxygens (including phenoxy) is 2. The zero-order valence-corrected chi connectivity index (χ0v) is 15.1. The second-order valence-corrected chi connectivity index (χ2v) is 6.55. The largest absolute Gasteiger partial charge is 0.486 e. The smallest absolute Gasteiger partial charge is 0.251 e. The maximum Gasteiger partial charge on any atom is 0.251 e. The molecule has 0 spiro atoms. The Bertz CT molecular complexity index is 836. The third-order valence-corrected chi connectivity index (χ3v) is 4.15. The fraction of sp³-hybridized carbons (Fsp3) is 0.300. The summed E-state index contributed by atoms with van der Waals surface area (Å²) in [7, 11) is 0. The van der Waals surface area contributed by atoms with Gasteiger partial charge in [-0.3, -0.25) is 9.59 Å². The van der Waals surface area contributed by atoms with Crippen LogP contribution >= 0.6 is 0 Å². The molecule has 142 valence electrons. The number of halogens is 1. The molecule has 0 saturated carbocycles. The highest BCUT2D eigenvalue weighted by molar-refractivity contribution is 6.01. The summed E-state index contributed by atoms with van der Waals surface area (Å²) in [5.41, 5.74) is 0.833. The number of rotatable bonds is 5. The monoisotopic (exact) mass is 372 g/mol. The van der Waals surface area contributed by atoms with Crippen molar-refractivity contribution in [2.45, 2.75) is 19.9 Å². The van der Waals surface area contributed by atoms with Gasteiger partial charge in [0.05, 0.1) is 0 Å². The molecule has 0 radical (unpaired) electrons. The fourth-order valence-corrected chi connectivity index (χ4v) is 2.70. The molecular weight excluding hydrogens is 351 g/mol. The van der Waals surface area contributed by atoms with Gasteiger partial charge < -0.3 is 20.1 Å². The summed E-state index contributed by atoms with van der Waals surface area (Å²) in [4.78, 5) is 25.1. The molecular formula is C20H21FN2O4. The van der Waals surface area contributed by atoms with Crippen LogP contribution in [0.15, 0.2) is 42.5 Å². The summed E-state index contributed by atoms with van der Waals surface area (Å²) in [6, 6.07) is 9.53. The molecule has 3 rings (SSSR count). The normalized spacial score (nSPS) is 13.8. The minimum atomic E-state index is -0.754. The van der Waals surface area contributed by atoms with Crippen molar-refractivity contribution in [2.24, 2.45) is 5.92 Å². The van der Waals surface area contributed by atoms with Crippen molar-refractivity contribution in [1.29, 1.82) is 0 Å². The Labute approximate surface area is 156 Å². The number of hydrogen-bond acceptors (Lipinski definition) is 4. The van der Waals surface area contributed by atoms with Gasteiger partial charge in [-0.05, 0) is 42.3 Å². The molecule has 0 saturated heterocycles. The highest BCUT2D eigenvalue weighted by Gasteiger charge is 2.25. The molecule has 1 unspecified atom stereocenters. The molecule has 27 heavy (non-hydrogen) atoms. The first-order valence-corrected chi connectivity index (χ1v) is 8.71. The molecule has 1 aliphatic heterocycles. The van der Waals surface area contributed by atoms with Gasteiger partial charge >= 0.3 is 0 Å². The lowest BCUT2D eigenvalue weighted by Gasteiger charge is -2.23. The number of anilines is 1. The predicted octanol–water partition coefficient (Wildman–Crippen LogP) is 2.99. The van der Waals surface area contributed by atoms with E-state index in [9.17, 15) is 14.0 Å². The lowest BCUT2D eigenvalue weighted by atomic mass is 10.0. The molecule has 2 aromatic rings. The van der Waals surface area contributed by atoms with E-state index in [4.69, 9.17) is 9.47 Å². The first-order valence-electron chi connectivity index (χ1n) is 8.71. The second-order valence-electron chi connectivity index (χ2n) is 6.55. The summed E-state index contributed by atoms with van der Waals surface area (Å²) in [5, 5.41) is 5.50. The van der Waals surface area contributed by atoms with Crippen molar-refractivity contribution < 1.29 is 23.5 Å². The van der Waals surface area contributed by atoms with Crippen LogP contribution in [-0.2, 0) is 4.79 Å². The summed E-state index contributed by atoms with van der Waals surface area (Å²) in [6.45, 7) is 4.61. The summed E-state index contributed by atoms with van der Waals surface area (Å²) < 4.78 is 24.0. The Morgan fingerprint density at radius 2 is 1.67 bits per heavy atom. The van der Waals surface area contributed by atoms with Gasteiger partial charge in [0.2, 0.25) is 5.91 Å². The zero-order chi connectivity index (χ0) is 19.4. The molecule has 0 aliphatic carbocycles. The van der Waals surface area contributed by atoms with Gasteiger partial charge in [0, 0.05) is 17.3 Å². The number of benzene rings is 2. The highest BCUT2D eigenvalue weighted by atomic mass is 19.1. The average Bonchev–Trinajstić information content (AvgIpc) is 2.66. The van der Waals surface area contributed by atoms with Crippen LogP contribution in [0.4, 0.5) is 10.1 Å². The molecule has 7 heteroatoms. The summed E-state index contributed by atoms with van der Waals surface area (Å²) in [5.74, 6) is -0.169. The van der Waals surface area contributed by atoms with E-state index in [1.165, 1.54) is 24.3 Å². The first-order chi connectivity index (χ1) is 12.9. The topological polar surface area (TPSA) is 76.7 Å². The van der Waals surface area contributed by atoms with E-state index in [2.05, 4.69) is 10.6 Å². The molecule has 2 aromatic carbocycles. The van der Waals surface area contributed by atoms with Crippen molar-refractivity contribution >= 4 is 17.5 Å². The van der Waals surface area contributed by atoms with Crippen LogP contribution in [0.2, 0.25) is 0 Å². The lowest BCUT2D eigenvalue weighted by Crippen LogP contribution is -2.47. The third kappa shape index (κ3) is 4.55. The van der Waals surface area contributed by atoms with Gasteiger partial charge in [0.15, 0.2) is 11.5 Å². The average molecular weight is 372 g/mol. The van der Waals surface area contributed by atoms with E-state index < -0.39 is 17.8 Å². The zero-order valence-electron chi connectivity index (χ0n) is 15.1. The van der Waals surface area contributed by atoms with E-state index in [0.717, 1.165) is 0 Å². The maximum atomic E-state index is 13.0. The summed E-state index contributed by atoms with van der Waals surface area (Å²) >= 11 is 0. The Morgan fingerprint density at radius 1 is 1.00 bits per heavy atom. The van der Waals surface area contributed by atoms with E-state index in [0.29, 0.717) is 30.4 Å². The van der Waals surface area contributed by atoms with Crippen LogP contribution in [0.3, 0.4) is 0 Å². The predicted molar refractivity (Wildman–Crippen MR) is 98.6 cm³/mol. The van der Waals surface area contributed by atoms with Gasteiger partial charge in [-0.15, -0.1) is 0 Å². The van der Waals surface area contributed by atoms with Crippen LogP contribution in [0.25, 0.3) is 0 Å². The fourth-order valence-electron chi connectivity index (χ4n) is 2.70.